The maximum Gasteiger partial charge on any atom is 0.412 e. The third-order valence-corrected chi connectivity index (χ3v) is 4.34. The lowest BCUT2D eigenvalue weighted by Gasteiger charge is -2.18. The van der Waals surface area contributed by atoms with E-state index in [1.54, 1.807) is 26.0 Å². The first-order valence-corrected chi connectivity index (χ1v) is 10.1. The van der Waals surface area contributed by atoms with E-state index in [-0.39, 0.29) is 13.2 Å². The lowest BCUT2D eigenvalue weighted by molar-refractivity contribution is -0.138. The molecular formula is C25H25NO6. The summed E-state index contributed by atoms with van der Waals surface area (Å²) in [7, 11) is 0. The smallest absolute Gasteiger partial charge is 0.412 e. The van der Waals surface area contributed by atoms with Gasteiger partial charge >= 0.3 is 12.1 Å². The molecule has 7 nitrogen and oxygen atoms in total. The van der Waals surface area contributed by atoms with Gasteiger partial charge in [0.15, 0.2) is 0 Å². The molecule has 0 saturated heterocycles. The maximum atomic E-state index is 12.2. The van der Waals surface area contributed by atoms with Crippen molar-refractivity contribution in [3.63, 3.8) is 0 Å². The van der Waals surface area contributed by atoms with E-state index < -0.39 is 18.4 Å². The van der Waals surface area contributed by atoms with Crippen LogP contribution in [0.4, 0.5) is 4.79 Å². The minimum Gasteiger partial charge on any atom is -0.460 e. The van der Waals surface area contributed by atoms with Gasteiger partial charge in [-0.3, -0.25) is 0 Å². The van der Waals surface area contributed by atoms with Crippen molar-refractivity contribution in [1.29, 1.82) is 0 Å². The SMILES string of the molecule is C=C(C)C(=O)OCCNC(=O)Oc1cccc2c(OC(C)Oc3ccccc3)cccc12. The van der Waals surface area contributed by atoms with Crippen LogP contribution in [0.2, 0.25) is 0 Å². The normalized spacial score (nSPS) is 11.3. The van der Waals surface area contributed by atoms with Crippen LogP contribution in [0, 0.1) is 0 Å². The van der Waals surface area contributed by atoms with E-state index in [1.165, 1.54) is 0 Å². The quantitative estimate of drug-likeness (QED) is 0.224. The lowest BCUT2D eigenvalue weighted by atomic mass is 10.1. The van der Waals surface area contributed by atoms with E-state index in [0.717, 1.165) is 5.39 Å². The van der Waals surface area contributed by atoms with E-state index in [1.807, 2.05) is 54.6 Å². The molecule has 0 aromatic heterocycles. The largest absolute Gasteiger partial charge is 0.460 e. The molecule has 3 rings (SSSR count). The average molecular weight is 435 g/mol. The summed E-state index contributed by atoms with van der Waals surface area (Å²) in [5.74, 6) is 1.17. The van der Waals surface area contributed by atoms with Crippen LogP contribution in [-0.2, 0) is 9.53 Å². The number of nitrogens with one attached hydrogen (secondary N) is 1. The first kappa shape index (κ1) is 22.7. The van der Waals surface area contributed by atoms with Gasteiger partial charge in [0, 0.05) is 23.3 Å². The Bertz CT molecular complexity index is 1100. The molecule has 0 spiro atoms. The average Bonchev–Trinajstić information content (AvgIpc) is 2.77. The Kier molecular flexibility index (Phi) is 7.70. The number of ether oxygens (including phenoxy) is 4. The van der Waals surface area contributed by atoms with Crippen molar-refractivity contribution in [3.8, 4) is 17.2 Å². The minimum atomic E-state index is -0.657. The molecule has 0 aliphatic carbocycles. The number of carbonyl (C=O) groups excluding carboxylic acids is 2. The van der Waals surface area contributed by atoms with E-state index in [2.05, 4.69) is 11.9 Å². The molecule has 1 amide bonds. The Morgan fingerprint density at radius 3 is 2.25 bits per heavy atom. The number of hydrogen-bond donors (Lipinski definition) is 1. The van der Waals surface area contributed by atoms with Gasteiger partial charge in [0.05, 0.1) is 6.54 Å². The van der Waals surface area contributed by atoms with Gasteiger partial charge in [-0.2, -0.15) is 0 Å². The summed E-state index contributed by atoms with van der Waals surface area (Å²) >= 11 is 0. The molecule has 0 radical (unpaired) electrons. The summed E-state index contributed by atoms with van der Waals surface area (Å²) in [6.45, 7) is 6.99. The number of fused-ring (bicyclic) bond motifs is 1. The van der Waals surface area contributed by atoms with Crippen LogP contribution in [0.5, 0.6) is 17.2 Å². The van der Waals surface area contributed by atoms with Crippen LogP contribution in [0.3, 0.4) is 0 Å². The highest BCUT2D eigenvalue weighted by molar-refractivity contribution is 5.94. The van der Waals surface area contributed by atoms with Crippen LogP contribution in [0.25, 0.3) is 10.8 Å². The van der Waals surface area contributed by atoms with Crippen LogP contribution in [-0.4, -0.2) is 31.5 Å². The summed E-state index contributed by atoms with van der Waals surface area (Å²) in [5, 5.41) is 4.03. The van der Waals surface area contributed by atoms with Gasteiger partial charge in [0.1, 0.15) is 23.9 Å². The molecule has 0 fully saturated rings. The van der Waals surface area contributed by atoms with Crippen molar-refractivity contribution in [3.05, 3.63) is 78.9 Å². The second kappa shape index (κ2) is 10.9. The van der Waals surface area contributed by atoms with Crippen LogP contribution in [0.1, 0.15) is 13.8 Å². The van der Waals surface area contributed by atoms with Crippen LogP contribution >= 0.6 is 0 Å². The molecule has 166 valence electrons. The zero-order chi connectivity index (χ0) is 22.9. The highest BCUT2D eigenvalue weighted by Crippen LogP contribution is 2.33. The standard InChI is InChI=1S/C25H25NO6/c1-17(2)24(27)29-16-15-26-25(28)32-23-14-8-11-20-21(23)12-7-13-22(20)31-18(3)30-19-9-5-4-6-10-19/h4-14,18H,1,15-16H2,2-3H3,(H,26,28). The number of esters is 1. The van der Waals surface area contributed by atoms with Crippen molar-refractivity contribution >= 4 is 22.8 Å². The Balaban J connectivity index is 1.63. The molecule has 0 saturated carbocycles. The fourth-order valence-corrected chi connectivity index (χ4v) is 2.89. The minimum absolute atomic E-state index is 0.0215. The van der Waals surface area contributed by atoms with Crippen molar-refractivity contribution in [2.24, 2.45) is 0 Å². The highest BCUT2D eigenvalue weighted by Gasteiger charge is 2.13. The first-order valence-electron chi connectivity index (χ1n) is 10.1. The predicted molar refractivity (Wildman–Crippen MR) is 121 cm³/mol. The summed E-state index contributed by atoms with van der Waals surface area (Å²) in [5.41, 5.74) is 0.296. The summed E-state index contributed by atoms with van der Waals surface area (Å²) in [4.78, 5) is 23.5. The zero-order valence-electron chi connectivity index (χ0n) is 18.0. The highest BCUT2D eigenvalue weighted by atomic mass is 16.7. The second-order valence-electron chi connectivity index (χ2n) is 6.96. The van der Waals surface area contributed by atoms with Gasteiger partial charge in [0.25, 0.3) is 0 Å². The number of para-hydroxylation sites is 1. The molecule has 7 heteroatoms. The molecule has 1 N–H and O–H groups in total. The third-order valence-electron chi connectivity index (χ3n) is 4.34. The van der Waals surface area contributed by atoms with E-state index in [4.69, 9.17) is 18.9 Å². The molecule has 1 unspecified atom stereocenters. The Labute approximate surface area is 186 Å². The summed E-state index contributed by atoms with van der Waals surface area (Å²) in [6, 6.07) is 20.2. The van der Waals surface area contributed by atoms with E-state index >= 15 is 0 Å². The molecule has 0 aliphatic heterocycles. The number of hydrogen-bond acceptors (Lipinski definition) is 6. The van der Waals surface area contributed by atoms with Gasteiger partial charge in [-0.15, -0.1) is 0 Å². The Morgan fingerprint density at radius 1 is 0.906 bits per heavy atom. The molecule has 0 aliphatic rings. The van der Waals surface area contributed by atoms with Crippen molar-refractivity contribution < 1.29 is 28.5 Å². The summed E-state index contributed by atoms with van der Waals surface area (Å²) in [6.07, 6.45) is -1.19. The van der Waals surface area contributed by atoms with Gasteiger partial charge < -0.3 is 24.3 Å². The molecule has 32 heavy (non-hydrogen) atoms. The Hall–Kier alpha value is -4.00. The second-order valence-corrected chi connectivity index (χ2v) is 6.96. The number of amides is 1. The Morgan fingerprint density at radius 2 is 1.56 bits per heavy atom. The fourth-order valence-electron chi connectivity index (χ4n) is 2.89. The molecule has 0 heterocycles. The van der Waals surface area contributed by atoms with Gasteiger partial charge in [-0.25, -0.2) is 9.59 Å². The van der Waals surface area contributed by atoms with Gasteiger partial charge in [0.2, 0.25) is 6.29 Å². The predicted octanol–water partition coefficient (Wildman–Crippen LogP) is 4.85. The molecule has 3 aromatic rings. The zero-order valence-corrected chi connectivity index (χ0v) is 18.0. The van der Waals surface area contributed by atoms with Crippen LogP contribution < -0.4 is 19.5 Å². The number of benzene rings is 3. The molecule has 3 aromatic carbocycles. The van der Waals surface area contributed by atoms with Crippen molar-refractivity contribution in [1.82, 2.24) is 5.32 Å². The summed E-state index contributed by atoms with van der Waals surface area (Å²) < 4.78 is 22.1. The molecule has 1 atom stereocenters. The lowest BCUT2D eigenvalue weighted by Crippen LogP contribution is -2.30. The van der Waals surface area contributed by atoms with E-state index in [0.29, 0.717) is 28.2 Å². The van der Waals surface area contributed by atoms with Gasteiger partial charge in [-0.05, 0) is 31.2 Å². The fraction of sp³-hybridized carbons (Fsp3) is 0.200. The van der Waals surface area contributed by atoms with Crippen molar-refractivity contribution in [2.45, 2.75) is 20.1 Å². The number of rotatable bonds is 9. The third kappa shape index (κ3) is 6.25. The molecular weight excluding hydrogens is 410 g/mol. The monoisotopic (exact) mass is 435 g/mol. The topological polar surface area (TPSA) is 83.1 Å². The van der Waals surface area contributed by atoms with Crippen molar-refractivity contribution in [2.75, 3.05) is 13.2 Å². The first-order chi connectivity index (χ1) is 15.4. The van der Waals surface area contributed by atoms with Gasteiger partial charge in [-0.1, -0.05) is 49.0 Å². The number of carbonyl (C=O) groups is 2. The maximum absolute atomic E-state index is 12.2. The van der Waals surface area contributed by atoms with E-state index in [9.17, 15) is 9.59 Å². The van der Waals surface area contributed by atoms with Crippen LogP contribution in [0.15, 0.2) is 78.9 Å². The molecule has 0 bridgehead atoms.